The van der Waals surface area contributed by atoms with Crippen LogP contribution in [0.2, 0.25) is 0 Å². The van der Waals surface area contributed by atoms with Gasteiger partial charge in [0, 0.05) is 35.6 Å². The second kappa shape index (κ2) is 8.92. The molecular formula is C23H27FN4O2. The Morgan fingerprint density at radius 2 is 1.90 bits per heavy atom. The van der Waals surface area contributed by atoms with E-state index in [1.165, 1.54) is 0 Å². The molecule has 1 aliphatic heterocycles. The summed E-state index contributed by atoms with van der Waals surface area (Å²) < 4.78 is 19.7. The van der Waals surface area contributed by atoms with E-state index in [0.29, 0.717) is 39.1 Å². The topological polar surface area (TPSA) is 59.7 Å². The van der Waals surface area contributed by atoms with Gasteiger partial charge in [-0.25, -0.2) is 9.50 Å². The van der Waals surface area contributed by atoms with Crippen molar-refractivity contribution in [2.75, 3.05) is 33.0 Å². The van der Waals surface area contributed by atoms with E-state index >= 15 is 0 Å². The fourth-order valence-electron chi connectivity index (χ4n) is 3.94. The lowest BCUT2D eigenvalue weighted by atomic mass is 10.0. The van der Waals surface area contributed by atoms with Crippen molar-refractivity contribution in [2.24, 2.45) is 0 Å². The molecule has 0 unspecified atom stereocenters. The zero-order valence-corrected chi connectivity index (χ0v) is 17.5. The van der Waals surface area contributed by atoms with Crippen molar-refractivity contribution in [3.63, 3.8) is 0 Å². The minimum Gasteiger partial charge on any atom is -0.378 e. The predicted octanol–water partition coefficient (Wildman–Crippen LogP) is 3.32. The molecule has 0 aliphatic carbocycles. The van der Waals surface area contributed by atoms with E-state index in [0.717, 1.165) is 39.4 Å². The molecule has 3 aromatic rings. The summed E-state index contributed by atoms with van der Waals surface area (Å²) >= 11 is 0. The first-order chi connectivity index (χ1) is 14.6. The molecule has 0 N–H and O–H groups in total. The van der Waals surface area contributed by atoms with Crippen molar-refractivity contribution in [3.8, 4) is 11.3 Å². The number of aryl methyl sites for hydroxylation is 3. The highest BCUT2D eigenvalue weighted by Crippen LogP contribution is 2.28. The van der Waals surface area contributed by atoms with Crippen molar-refractivity contribution < 1.29 is 13.9 Å². The number of benzene rings is 1. The molecule has 6 nitrogen and oxygen atoms in total. The number of carbonyl (C=O) groups is 1. The van der Waals surface area contributed by atoms with Crippen molar-refractivity contribution in [3.05, 3.63) is 52.8 Å². The minimum absolute atomic E-state index is 0.0648. The number of rotatable bonds is 6. The van der Waals surface area contributed by atoms with Gasteiger partial charge in [0.2, 0.25) is 5.91 Å². The second-order valence-corrected chi connectivity index (χ2v) is 7.76. The fraction of sp³-hybridized carbons (Fsp3) is 0.435. The number of halogens is 1. The average Bonchev–Trinajstić information content (AvgIpc) is 3.11. The van der Waals surface area contributed by atoms with E-state index in [1.54, 1.807) is 0 Å². The van der Waals surface area contributed by atoms with Gasteiger partial charge in [0.1, 0.15) is 0 Å². The van der Waals surface area contributed by atoms with Gasteiger partial charge in [-0.2, -0.15) is 5.10 Å². The third kappa shape index (κ3) is 4.21. The number of alkyl halides is 1. The Labute approximate surface area is 175 Å². The first kappa shape index (κ1) is 20.5. The number of carbonyl (C=O) groups excluding carboxylic acids is 1. The molecular weight excluding hydrogens is 383 g/mol. The highest BCUT2D eigenvalue weighted by atomic mass is 19.1. The number of amides is 1. The summed E-state index contributed by atoms with van der Waals surface area (Å²) in [6.45, 7) is 6.00. The maximum atomic E-state index is 13.0. The normalized spacial score (nSPS) is 14.4. The van der Waals surface area contributed by atoms with E-state index in [4.69, 9.17) is 14.8 Å². The predicted molar refractivity (Wildman–Crippen MR) is 113 cm³/mol. The van der Waals surface area contributed by atoms with Gasteiger partial charge in [0.05, 0.1) is 32.0 Å². The van der Waals surface area contributed by atoms with E-state index in [1.807, 2.05) is 53.6 Å². The van der Waals surface area contributed by atoms with Gasteiger partial charge >= 0.3 is 0 Å². The Morgan fingerprint density at radius 1 is 1.17 bits per heavy atom. The van der Waals surface area contributed by atoms with Crippen LogP contribution in [0.25, 0.3) is 16.9 Å². The monoisotopic (exact) mass is 410 g/mol. The molecule has 1 aliphatic rings. The number of nitrogens with zero attached hydrogens (tertiary/aromatic N) is 4. The number of aromatic nitrogens is 3. The molecule has 30 heavy (non-hydrogen) atoms. The summed E-state index contributed by atoms with van der Waals surface area (Å²) in [5.41, 5.74) is 6.24. The number of ether oxygens (including phenoxy) is 1. The molecule has 1 aromatic carbocycles. The molecule has 1 saturated heterocycles. The standard InChI is InChI=1S/C23H27FN4O2/c1-16-14-17(2)28-23(25-16)20(15-21(29)27-10-12-30-13-11-27)22(26-28)19-7-5-18(6-8-19)4-3-9-24/h5-8,14H,3-4,9-13,15H2,1-2H3. The molecule has 1 amide bonds. The molecule has 0 radical (unpaired) electrons. The molecule has 0 bridgehead atoms. The van der Waals surface area contributed by atoms with Gasteiger partial charge in [-0.05, 0) is 38.3 Å². The van der Waals surface area contributed by atoms with Gasteiger partial charge in [-0.3, -0.25) is 9.18 Å². The minimum atomic E-state index is -0.313. The molecule has 7 heteroatoms. The molecule has 0 saturated carbocycles. The van der Waals surface area contributed by atoms with Crippen molar-refractivity contribution >= 4 is 11.6 Å². The average molecular weight is 410 g/mol. The fourth-order valence-corrected chi connectivity index (χ4v) is 3.94. The van der Waals surface area contributed by atoms with E-state index in [9.17, 15) is 9.18 Å². The van der Waals surface area contributed by atoms with Gasteiger partial charge in [-0.15, -0.1) is 0 Å². The van der Waals surface area contributed by atoms with E-state index in [2.05, 4.69) is 0 Å². The van der Waals surface area contributed by atoms with Crippen molar-refractivity contribution in [2.45, 2.75) is 33.1 Å². The van der Waals surface area contributed by atoms with Crippen LogP contribution < -0.4 is 0 Å². The van der Waals surface area contributed by atoms with Crippen LogP contribution >= 0.6 is 0 Å². The van der Waals surface area contributed by atoms with Gasteiger partial charge in [-0.1, -0.05) is 24.3 Å². The maximum Gasteiger partial charge on any atom is 0.227 e. The van der Waals surface area contributed by atoms with Crippen LogP contribution in [-0.2, 0) is 22.4 Å². The van der Waals surface area contributed by atoms with Crippen LogP contribution in [0, 0.1) is 13.8 Å². The van der Waals surface area contributed by atoms with E-state index < -0.39 is 0 Å². The summed E-state index contributed by atoms with van der Waals surface area (Å²) in [4.78, 5) is 19.6. The zero-order chi connectivity index (χ0) is 21.1. The SMILES string of the molecule is Cc1cc(C)n2nc(-c3ccc(CCCF)cc3)c(CC(=O)N3CCOCC3)c2n1. The van der Waals surface area contributed by atoms with Crippen LogP contribution in [0.5, 0.6) is 0 Å². The van der Waals surface area contributed by atoms with Gasteiger partial charge < -0.3 is 9.64 Å². The number of fused-ring (bicyclic) bond motifs is 1. The molecule has 2 aromatic heterocycles. The first-order valence-electron chi connectivity index (χ1n) is 10.4. The van der Waals surface area contributed by atoms with Crippen LogP contribution in [0.1, 0.15) is 28.9 Å². The molecule has 1 fully saturated rings. The summed E-state index contributed by atoms with van der Waals surface area (Å²) in [7, 11) is 0. The Morgan fingerprint density at radius 3 is 2.60 bits per heavy atom. The van der Waals surface area contributed by atoms with Crippen LogP contribution in [0.3, 0.4) is 0 Å². The molecule has 0 atom stereocenters. The Hall–Kier alpha value is -2.80. The zero-order valence-electron chi connectivity index (χ0n) is 17.5. The third-order valence-electron chi connectivity index (χ3n) is 5.51. The molecule has 0 spiro atoms. The molecule has 3 heterocycles. The highest BCUT2D eigenvalue weighted by molar-refractivity contribution is 5.84. The number of hydrogen-bond acceptors (Lipinski definition) is 4. The summed E-state index contributed by atoms with van der Waals surface area (Å²) in [6.07, 6.45) is 1.48. The summed E-state index contributed by atoms with van der Waals surface area (Å²) in [6, 6.07) is 10.0. The number of hydrogen-bond donors (Lipinski definition) is 0. The smallest absolute Gasteiger partial charge is 0.227 e. The largest absolute Gasteiger partial charge is 0.378 e. The second-order valence-electron chi connectivity index (χ2n) is 7.76. The van der Waals surface area contributed by atoms with Gasteiger partial charge in [0.15, 0.2) is 5.65 Å². The van der Waals surface area contributed by atoms with Crippen LogP contribution in [0.15, 0.2) is 30.3 Å². The van der Waals surface area contributed by atoms with E-state index in [-0.39, 0.29) is 19.0 Å². The lowest BCUT2D eigenvalue weighted by Gasteiger charge is -2.26. The molecule has 4 rings (SSSR count). The first-order valence-corrected chi connectivity index (χ1v) is 10.4. The maximum absolute atomic E-state index is 13.0. The van der Waals surface area contributed by atoms with Gasteiger partial charge in [0.25, 0.3) is 0 Å². The lowest BCUT2D eigenvalue weighted by molar-refractivity contribution is -0.134. The Kier molecular flexibility index (Phi) is 6.08. The lowest BCUT2D eigenvalue weighted by Crippen LogP contribution is -2.41. The quantitative estimate of drug-likeness (QED) is 0.626. The Bertz CT molecular complexity index is 1040. The summed E-state index contributed by atoms with van der Waals surface area (Å²) in [5.74, 6) is 0.0648. The highest BCUT2D eigenvalue weighted by Gasteiger charge is 2.23. The number of morpholine rings is 1. The molecule has 158 valence electrons. The van der Waals surface area contributed by atoms with Crippen molar-refractivity contribution in [1.82, 2.24) is 19.5 Å². The van der Waals surface area contributed by atoms with Crippen LogP contribution in [-0.4, -0.2) is 58.4 Å². The Balaban J connectivity index is 1.73. The summed E-state index contributed by atoms with van der Waals surface area (Å²) in [5, 5.41) is 4.81. The third-order valence-corrected chi connectivity index (χ3v) is 5.51. The van der Waals surface area contributed by atoms with Crippen LogP contribution in [0.4, 0.5) is 4.39 Å². The van der Waals surface area contributed by atoms with Crippen molar-refractivity contribution in [1.29, 1.82) is 0 Å².